The largest absolute Gasteiger partial charge is 0.340 e. The molecule has 0 aromatic heterocycles. The van der Waals surface area contributed by atoms with Crippen molar-refractivity contribution in [1.82, 2.24) is 10.2 Å². The number of hydrogen-bond acceptors (Lipinski definition) is 2. The molecule has 0 spiro atoms. The fraction of sp³-hybridized carbons (Fsp3) is 0.588. The molecule has 0 saturated carbocycles. The number of piperazine rings is 1. The number of nitrogens with one attached hydrogen (secondary N) is 1. The van der Waals surface area contributed by atoms with Gasteiger partial charge in [-0.05, 0) is 31.7 Å². The van der Waals surface area contributed by atoms with Gasteiger partial charge in [0.05, 0.1) is 0 Å². The molecule has 1 saturated heterocycles. The minimum atomic E-state index is 0. The van der Waals surface area contributed by atoms with Gasteiger partial charge in [-0.2, -0.15) is 0 Å². The van der Waals surface area contributed by atoms with E-state index in [-0.39, 0.29) is 12.4 Å². The predicted octanol–water partition coefficient (Wildman–Crippen LogP) is 3.12. The SMILES string of the molecule is CCC(CC(=O)N1CCNC(C)C1)c1ccc(C)cc1.Cl. The smallest absolute Gasteiger partial charge is 0.223 e. The second-order valence-electron chi connectivity index (χ2n) is 5.91. The van der Waals surface area contributed by atoms with Gasteiger partial charge < -0.3 is 10.2 Å². The first-order valence-electron chi connectivity index (χ1n) is 7.68. The quantitative estimate of drug-likeness (QED) is 0.926. The highest BCUT2D eigenvalue weighted by Crippen LogP contribution is 2.24. The van der Waals surface area contributed by atoms with Crippen molar-refractivity contribution in [3.63, 3.8) is 0 Å². The number of halogens is 1. The molecule has 1 aliphatic rings. The molecular formula is C17H27ClN2O. The first kappa shape index (κ1) is 18.0. The van der Waals surface area contributed by atoms with Crippen molar-refractivity contribution in [1.29, 1.82) is 0 Å². The van der Waals surface area contributed by atoms with Crippen LogP contribution < -0.4 is 5.32 Å². The summed E-state index contributed by atoms with van der Waals surface area (Å²) in [6, 6.07) is 9.01. The summed E-state index contributed by atoms with van der Waals surface area (Å²) < 4.78 is 0. The summed E-state index contributed by atoms with van der Waals surface area (Å²) in [5, 5.41) is 3.38. The van der Waals surface area contributed by atoms with Crippen LogP contribution in [-0.4, -0.2) is 36.5 Å². The fourth-order valence-electron chi connectivity index (χ4n) is 2.84. The van der Waals surface area contributed by atoms with Crippen LogP contribution in [0, 0.1) is 6.92 Å². The minimum Gasteiger partial charge on any atom is -0.340 e. The molecule has 3 nitrogen and oxygen atoms in total. The van der Waals surface area contributed by atoms with Gasteiger partial charge >= 0.3 is 0 Å². The Morgan fingerprint density at radius 2 is 2.05 bits per heavy atom. The third kappa shape index (κ3) is 5.01. The number of benzene rings is 1. The number of hydrogen-bond donors (Lipinski definition) is 1. The summed E-state index contributed by atoms with van der Waals surface area (Å²) in [6.45, 7) is 8.98. The minimum absolute atomic E-state index is 0. The van der Waals surface area contributed by atoms with Gasteiger partial charge in [0.25, 0.3) is 0 Å². The molecule has 4 heteroatoms. The van der Waals surface area contributed by atoms with Gasteiger partial charge in [-0.15, -0.1) is 12.4 Å². The maximum Gasteiger partial charge on any atom is 0.223 e. The first-order chi connectivity index (χ1) is 9.60. The highest BCUT2D eigenvalue weighted by atomic mass is 35.5. The van der Waals surface area contributed by atoms with Crippen molar-refractivity contribution < 1.29 is 4.79 Å². The van der Waals surface area contributed by atoms with Gasteiger partial charge in [-0.25, -0.2) is 0 Å². The van der Waals surface area contributed by atoms with Gasteiger partial charge in [0, 0.05) is 32.1 Å². The van der Waals surface area contributed by atoms with E-state index in [0.717, 1.165) is 26.1 Å². The standard InChI is InChI=1S/C17H26N2O.ClH/c1-4-15(16-7-5-13(2)6-8-16)11-17(20)19-10-9-18-14(3)12-19;/h5-8,14-15,18H,4,9-12H2,1-3H3;1H. The summed E-state index contributed by atoms with van der Waals surface area (Å²) in [5.41, 5.74) is 2.56. The fourth-order valence-corrected chi connectivity index (χ4v) is 2.84. The number of aryl methyl sites for hydroxylation is 1. The van der Waals surface area contributed by atoms with E-state index in [4.69, 9.17) is 0 Å². The van der Waals surface area contributed by atoms with Crippen LogP contribution in [0.15, 0.2) is 24.3 Å². The molecule has 0 radical (unpaired) electrons. The molecule has 1 amide bonds. The van der Waals surface area contributed by atoms with Crippen molar-refractivity contribution >= 4 is 18.3 Å². The molecule has 0 aliphatic carbocycles. The Morgan fingerprint density at radius 3 is 2.62 bits per heavy atom. The maximum absolute atomic E-state index is 12.5. The molecule has 1 aromatic rings. The van der Waals surface area contributed by atoms with E-state index in [9.17, 15) is 4.79 Å². The van der Waals surface area contributed by atoms with Gasteiger partial charge in [0.1, 0.15) is 0 Å². The molecule has 2 rings (SSSR count). The Hall–Kier alpha value is -1.06. The van der Waals surface area contributed by atoms with Crippen LogP contribution in [0.25, 0.3) is 0 Å². The zero-order valence-electron chi connectivity index (χ0n) is 13.3. The van der Waals surface area contributed by atoms with Crippen molar-refractivity contribution in [2.45, 2.75) is 45.6 Å². The highest BCUT2D eigenvalue weighted by Gasteiger charge is 2.23. The van der Waals surface area contributed by atoms with Crippen LogP contribution in [0.2, 0.25) is 0 Å². The molecule has 118 valence electrons. The molecule has 1 aliphatic heterocycles. The summed E-state index contributed by atoms with van der Waals surface area (Å²) in [5.74, 6) is 0.638. The Bertz CT molecular complexity index is 447. The Morgan fingerprint density at radius 1 is 1.38 bits per heavy atom. The van der Waals surface area contributed by atoms with Gasteiger partial charge in [-0.3, -0.25) is 4.79 Å². The second kappa shape index (κ2) is 8.40. The monoisotopic (exact) mass is 310 g/mol. The zero-order valence-corrected chi connectivity index (χ0v) is 14.1. The average molecular weight is 311 g/mol. The normalized spacial score (nSPS) is 19.8. The zero-order chi connectivity index (χ0) is 14.5. The summed E-state index contributed by atoms with van der Waals surface area (Å²) in [6.07, 6.45) is 1.64. The van der Waals surface area contributed by atoms with E-state index in [2.05, 4.69) is 50.4 Å². The predicted molar refractivity (Wildman–Crippen MR) is 90.1 cm³/mol. The lowest BCUT2D eigenvalue weighted by Crippen LogP contribution is -2.51. The lowest BCUT2D eigenvalue weighted by atomic mass is 9.92. The summed E-state index contributed by atoms with van der Waals surface area (Å²) in [7, 11) is 0. The molecule has 2 unspecified atom stereocenters. The highest BCUT2D eigenvalue weighted by molar-refractivity contribution is 5.85. The summed E-state index contributed by atoms with van der Waals surface area (Å²) in [4.78, 5) is 14.5. The first-order valence-corrected chi connectivity index (χ1v) is 7.68. The van der Waals surface area contributed by atoms with Gasteiger partial charge in [0.15, 0.2) is 0 Å². The molecule has 2 atom stereocenters. The van der Waals surface area contributed by atoms with Crippen molar-refractivity contribution in [3.05, 3.63) is 35.4 Å². The number of amides is 1. The number of rotatable bonds is 4. The third-order valence-corrected chi connectivity index (χ3v) is 4.18. The van der Waals surface area contributed by atoms with Crippen LogP contribution >= 0.6 is 12.4 Å². The molecule has 0 bridgehead atoms. The number of carbonyl (C=O) groups excluding carboxylic acids is 1. The Balaban J connectivity index is 0.00000220. The van der Waals surface area contributed by atoms with Crippen molar-refractivity contribution in [3.8, 4) is 0 Å². The van der Waals surface area contributed by atoms with Gasteiger partial charge in [0.2, 0.25) is 5.91 Å². The van der Waals surface area contributed by atoms with Crippen LogP contribution in [-0.2, 0) is 4.79 Å². The van der Waals surface area contributed by atoms with Crippen molar-refractivity contribution in [2.24, 2.45) is 0 Å². The molecule has 1 heterocycles. The van der Waals surface area contributed by atoms with E-state index < -0.39 is 0 Å². The topological polar surface area (TPSA) is 32.3 Å². The second-order valence-corrected chi connectivity index (χ2v) is 5.91. The van der Waals surface area contributed by atoms with Crippen LogP contribution in [0.4, 0.5) is 0 Å². The van der Waals surface area contributed by atoms with E-state index in [1.54, 1.807) is 0 Å². The molecule has 1 fully saturated rings. The van der Waals surface area contributed by atoms with Crippen LogP contribution in [0.1, 0.15) is 43.7 Å². The van der Waals surface area contributed by atoms with E-state index in [1.807, 2.05) is 4.90 Å². The lowest BCUT2D eigenvalue weighted by Gasteiger charge is -2.33. The molecule has 1 N–H and O–H groups in total. The van der Waals surface area contributed by atoms with Crippen LogP contribution in [0.3, 0.4) is 0 Å². The average Bonchev–Trinajstić information content (AvgIpc) is 2.45. The molecule has 21 heavy (non-hydrogen) atoms. The Labute approximate surface area is 134 Å². The lowest BCUT2D eigenvalue weighted by molar-refractivity contribution is -0.132. The van der Waals surface area contributed by atoms with Crippen LogP contribution in [0.5, 0.6) is 0 Å². The van der Waals surface area contributed by atoms with Crippen molar-refractivity contribution in [2.75, 3.05) is 19.6 Å². The molecule has 1 aromatic carbocycles. The number of nitrogens with zero attached hydrogens (tertiary/aromatic N) is 1. The van der Waals surface area contributed by atoms with E-state index >= 15 is 0 Å². The third-order valence-electron chi connectivity index (χ3n) is 4.18. The van der Waals surface area contributed by atoms with E-state index in [1.165, 1.54) is 11.1 Å². The number of carbonyl (C=O) groups is 1. The maximum atomic E-state index is 12.5. The Kier molecular flexibility index (Phi) is 7.20. The van der Waals surface area contributed by atoms with E-state index in [0.29, 0.717) is 24.3 Å². The van der Waals surface area contributed by atoms with Gasteiger partial charge in [-0.1, -0.05) is 36.8 Å². The molecular weight excluding hydrogens is 284 g/mol. The summed E-state index contributed by atoms with van der Waals surface area (Å²) >= 11 is 0.